The molecule has 0 aliphatic carbocycles. The predicted molar refractivity (Wildman–Crippen MR) is 67.9 cm³/mol. The number of ether oxygens (including phenoxy) is 2. The minimum atomic E-state index is -0.416. The van der Waals surface area contributed by atoms with E-state index >= 15 is 0 Å². The van der Waals surface area contributed by atoms with Gasteiger partial charge in [0.15, 0.2) is 12.9 Å². The smallest absolute Gasteiger partial charge is 0.344 e. The van der Waals surface area contributed by atoms with Gasteiger partial charge >= 0.3 is 5.97 Å². The third kappa shape index (κ3) is 4.57. The Kier molecular flexibility index (Phi) is 5.91. The van der Waals surface area contributed by atoms with Crippen LogP contribution < -0.4 is 4.74 Å². The molecule has 0 bridgehead atoms. The average Bonchev–Trinajstić information content (AvgIpc) is 2.37. The van der Waals surface area contributed by atoms with Crippen LogP contribution in [0.15, 0.2) is 18.2 Å². The third-order valence-corrected chi connectivity index (χ3v) is 2.40. The van der Waals surface area contributed by atoms with Gasteiger partial charge in [0, 0.05) is 0 Å². The van der Waals surface area contributed by atoms with Gasteiger partial charge in [0.05, 0.1) is 12.2 Å². The maximum atomic E-state index is 11.3. The Morgan fingerprint density at radius 1 is 1.39 bits per heavy atom. The van der Waals surface area contributed by atoms with E-state index in [-0.39, 0.29) is 6.61 Å². The minimum Gasteiger partial charge on any atom is -0.481 e. The second kappa shape index (κ2) is 7.48. The van der Waals surface area contributed by atoms with Crippen LogP contribution >= 0.6 is 0 Å². The Hall–Kier alpha value is -1.84. The van der Waals surface area contributed by atoms with Gasteiger partial charge in [-0.2, -0.15) is 0 Å². The largest absolute Gasteiger partial charge is 0.481 e. The van der Waals surface area contributed by atoms with Crippen LogP contribution in [0.4, 0.5) is 0 Å². The Labute approximate surface area is 107 Å². The van der Waals surface area contributed by atoms with Gasteiger partial charge in [-0.3, -0.25) is 4.79 Å². The van der Waals surface area contributed by atoms with Crippen molar-refractivity contribution < 1.29 is 19.1 Å². The molecule has 0 aliphatic rings. The predicted octanol–water partition coefficient (Wildman–Crippen LogP) is 2.53. The lowest BCUT2D eigenvalue weighted by Gasteiger charge is -2.08. The number of aldehydes is 1. The maximum Gasteiger partial charge on any atom is 0.344 e. The summed E-state index contributed by atoms with van der Waals surface area (Å²) in [4.78, 5) is 22.2. The van der Waals surface area contributed by atoms with E-state index in [0.717, 1.165) is 18.4 Å². The molecule has 18 heavy (non-hydrogen) atoms. The maximum absolute atomic E-state index is 11.3. The Bertz CT molecular complexity index is 412. The van der Waals surface area contributed by atoms with E-state index < -0.39 is 5.97 Å². The minimum absolute atomic E-state index is 0.173. The number of aryl methyl sites for hydroxylation is 1. The zero-order chi connectivity index (χ0) is 13.4. The van der Waals surface area contributed by atoms with E-state index in [0.29, 0.717) is 24.2 Å². The summed E-state index contributed by atoms with van der Waals surface area (Å²) in [5.74, 6) is -0.0103. The summed E-state index contributed by atoms with van der Waals surface area (Å²) in [6.45, 7) is 4.14. The molecule has 1 rings (SSSR count). The zero-order valence-electron chi connectivity index (χ0n) is 10.8. The van der Waals surface area contributed by atoms with E-state index in [1.165, 1.54) is 0 Å². The molecule has 0 fully saturated rings. The standard InChI is InChI=1S/C14H18O4/c1-3-4-7-17-14(16)10-18-13-6-5-11(2)8-12(13)9-15/h5-6,8-9H,3-4,7,10H2,1-2H3. The van der Waals surface area contributed by atoms with Gasteiger partial charge < -0.3 is 9.47 Å². The van der Waals surface area contributed by atoms with E-state index in [9.17, 15) is 9.59 Å². The van der Waals surface area contributed by atoms with E-state index in [1.54, 1.807) is 12.1 Å². The normalized spacial score (nSPS) is 9.89. The van der Waals surface area contributed by atoms with Crippen LogP contribution in [0.3, 0.4) is 0 Å². The van der Waals surface area contributed by atoms with Crippen molar-refractivity contribution in [2.45, 2.75) is 26.7 Å². The van der Waals surface area contributed by atoms with Gasteiger partial charge in [-0.05, 0) is 25.5 Å². The number of esters is 1. The molecular weight excluding hydrogens is 232 g/mol. The summed E-state index contributed by atoms with van der Waals surface area (Å²) in [5, 5.41) is 0. The second-order valence-electron chi connectivity index (χ2n) is 4.02. The summed E-state index contributed by atoms with van der Waals surface area (Å²) >= 11 is 0. The van der Waals surface area contributed by atoms with Crippen molar-refractivity contribution in [1.82, 2.24) is 0 Å². The SMILES string of the molecule is CCCCOC(=O)COc1ccc(C)cc1C=O. The molecule has 0 atom stereocenters. The van der Waals surface area contributed by atoms with E-state index in [2.05, 4.69) is 0 Å². The van der Waals surface area contributed by atoms with Crippen LogP contribution in [0.25, 0.3) is 0 Å². The Morgan fingerprint density at radius 3 is 2.83 bits per heavy atom. The number of benzene rings is 1. The molecule has 0 aromatic heterocycles. The summed E-state index contributed by atoms with van der Waals surface area (Å²) < 4.78 is 10.2. The van der Waals surface area contributed by atoms with Crippen LogP contribution in [0, 0.1) is 6.92 Å². The van der Waals surface area contributed by atoms with Gasteiger partial charge in [-0.15, -0.1) is 0 Å². The third-order valence-electron chi connectivity index (χ3n) is 2.40. The van der Waals surface area contributed by atoms with Crippen molar-refractivity contribution in [3.05, 3.63) is 29.3 Å². The Balaban J connectivity index is 2.48. The van der Waals surface area contributed by atoms with Crippen molar-refractivity contribution in [2.75, 3.05) is 13.2 Å². The van der Waals surface area contributed by atoms with Crippen LogP contribution in [0.5, 0.6) is 5.75 Å². The topological polar surface area (TPSA) is 52.6 Å². The summed E-state index contributed by atoms with van der Waals surface area (Å²) in [5.41, 5.74) is 1.41. The molecule has 1 aromatic carbocycles. The summed E-state index contributed by atoms with van der Waals surface area (Å²) in [6.07, 6.45) is 2.53. The number of carbonyl (C=O) groups excluding carboxylic acids is 2. The lowest BCUT2D eigenvalue weighted by atomic mass is 10.1. The molecule has 0 heterocycles. The molecule has 0 aliphatic heterocycles. The molecule has 4 heteroatoms. The fourth-order valence-electron chi connectivity index (χ4n) is 1.40. The lowest BCUT2D eigenvalue weighted by molar-refractivity contribution is -0.146. The highest BCUT2D eigenvalue weighted by Gasteiger charge is 2.07. The average molecular weight is 250 g/mol. The molecule has 98 valence electrons. The number of carbonyl (C=O) groups is 2. The number of hydrogen-bond acceptors (Lipinski definition) is 4. The Morgan fingerprint density at radius 2 is 2.17 bits per heavy atom. The summed E-state index contributed by atoms with van der Waals surface area (Å²) in [6, 6.07) is 5.22. The van der Waals surface area contributed by atoms with Crippen LogP contribution in [0.1, 0.15) is 35.7 Å². The number of unbranched alkanes of at least 4 members (excludes halogenated alkanes) is 1. The van der Waals surface area contributed by atoms with Crippen molar-refractivity contribution in [3.8, 4) is 5.75 Å². The van der Waals surface area contributed by atoms with Gasteiger partial charge in [-0.25, -0.2) is 4.79 Å². The molecule has 0 amide bonds. The molecule has 0 saturated carbocycles. The molecule has 0 spiro atoms. The van der Waals surface area contributed by atoms with Gasteiger partial charge in [0.1, 0.15) is 5.75 Å². The quantitative estimate of drug-likeness (QED) is 0.424. The summed E-state index contributed by atoms with van der Waals surface area (Å²) in [7, 11) is 0. The highest BCUT2D eigenvalue weighted by Crippen LogP contribution is 2.17. The second-order valence-corrected chi connectivity index (χ2v) is 4.02. The van der Waals surface area contributed by atoms with E-state index in [4.69, 9.17) is 9.47 Å². The first kappa shape index (κ1) is 14.2. The van der Waals surface area contributed by atoms with Gasteiger partial charge in [-0.1, -0.05) is 25.0 Å². The fraction of sp³-hybridized carbons (Fsp3) is 0.429. The molecule has 1 aromatic rings. The zero-order valence-corrected chi connectivity index (χ0v) is 10.8. The fourth-order valence-corrected chi connectivity index (χ4v) is 1.40. The van der Waals surface area contributed by atoms with Crippen LogP contribution in [0.2, 0.25) is 0 Å². The first-order chi connectivity index (χ1) is 8.67. The molecule has 0 unspecified atom stereocenters. The molecule has 0 N–H and O–H groups in total. The molecule has 4 nitrogen and oxygen atoms in total. The molecule has 0 radical (unpaired) electrons. The molecule has 0 saturated heterocycles. The first-order valence-electron chi connectivity index (χ1n) is 6.01. The van der Waals surface area contributed by atoms with Gasteiger partial charge in [0.2, 0.25) is 0 Å². The van der Waals surface area contributed by atoms with Crippen LogP contribution in [-0.4, -0.2) is 25.5 Å². The lowest BCUT2D eigenvalue weighted by Crippen LogP contribution is -2.16. The van der Waals surface area contributed by atoms with Crippen molar-refractivity contribution >= 4 is 12.3 Å². The monoisotopic (exact) mass is 250 g/mol. The number of rotatable bonds is 7. The molecular formula is C14H18O4. The van der Waals surface area contributed by atoms with E-state index in [1.807, 2.05) is 19.9 Å². The van der Waals surface area contributed by atoms with Crippen LogP contribution in [-0.2, 0) is 9.53 Å². The van der Waals surface area contributed by atoms with Crippen molar-refractivity contribution in [2.24, 2.45) is 0 Å². The first-order valence-corrected chi connectivity index (χ1v) is 6.01. The highest BCUT2D eigenvalue weighted by atomic mass is 16.6. The van der Waals surface area contributed by atoms with Crippen molar-refractivity contribution in [1.29, 1.82) is 0 Å². The van der Waals surface area contributed by atoms with Gasteiger partial charge in [0.25, 0.3) is 0 Å². The van der Waals surface area contributed by atoms with Crippen molar-refractivity contribution in [3.63, 3.8) is 0 Å². The highest BCUT2D eigenvalue weighted by molar-refractivity contribution is 5.80. The number of hydrogen-bond donors (Lipinski definition) is 0.